The molecule has 0 atom stereocenters. The molecular formula is C20H8. The highest BCUT2D eigenvalue weighted by molar-refractivity contribution is 6.43. The molecule has 0 amide bonds. The molecule has 0 heterocycles. The zero-order valence-corrected chi connectivity index (χ0v) is 10.6. The Hall–Kier alpha value is -2.78. The molecular weight excluding hydrogens is 240 g/mol. The molecule has 0 aliphatic rings. The van der Waals surface area contributed by atoms with Crippen molar-refractivity contribution in [3.8, 4) is 0 Å². The van der Waals surface area contributed by atoms with Crippen LogP contribution in [-0.2, 0) is 0 Å². The lowest BCUT2D eigenvalue weighted by Crippen LogP contribution is -1.76. The Kier molecular flexibility index (Phi) is 1.24. The predicted molar refractivity (Wildman–Crippen MR) is 85.2 cm³/mol. The van der Waals surface area contributed by atoms with Crippen molar-refractivity contribution in [3.05, 3.63) is 60.7 Å². The Balaban J connectivity index is 2.27. The number of benzene rings is 4. The van der Waals surface area contributed by atoms with Crippen LogP contribution in [0.1, 0.15) is 0 Å². The van der Waals surface area contributed by atoms with Gasteiger partial charge in [0.05, 0.1) is 0 Å². The Bertz CT molecular complexity index is 925. The zero-order chi connectivity index (χ0) is 12.8. The maximum atomic E-state index is 3.33. The SMILES string of the molecule is c1c2ccc3ccc4ccc5ccc(c#1)c1c2c3c4c51. The summed E-state index contributed by atoms with van der Waals surface area (Å²) in [6.07, 6.45) is 0. The van der Waals surface area contributed by atoms with Gasteiger partial charge in [-0.3, -0.25) is 0 Å². The first-order valence-electron chi connectivity index (χ1n) is 6.89. The van der Waals surface area contributed by atoms with Crippen LogP contribution in [0.4, 0.5) is 0 Å². The van der Waals surface area contributed by atoms with Gasteiger partial charge in [0.25, 0.3) is 0 Å². The summed E-state index contributed by atoms with van der Waals surface area (Å²) in [4.78, 5) is 0. The van der Waals surface area contributed by atoms with E-state index in [2.05, 4.69) is 60.7 Å². The fourth-order valence-corrected chi connectivity index (χ4v) is 3.91. The molecule has 88 valence electrons. The summed E-state index contributed by atoms with van der Waals surface area (Å²) in [5.74, 6) is 0. The summed E-state index contributed by atoms with van der Waals surface area (Å²) in [5.41, 5.74) is 0. The number of rotatable bonds is 0. The van der Waals surface area contributed by atoms with Crippen molar-refractivity contribution in [2.45, 2.75) is 0 Å². The maximum absolute atomic E-state index is 3.33. The Morgan fingerprint density at radius 3 is 1.20 bits per heavy atom. The second kappa shape index (κ2) is 2.71. The van der Waals surface area contributed by atoms with Crippen LogP contribution in [0.5, 0.6) is 0 Å². The van der Waals surface area contributed by atoms with E-state index in [1.54, 1.807) is 0 Å². The predicted octanol–water partition coefficient (Wildman–Crippen LogP) is 5.37. The van der Waals surface area contributed by atoms with Gasteiger partial charge < -0.3 is 0 Å². The second-order valence-electron chi connectivity index (χ2n) is 5.65. The van der Waals surface area contributed by atoms with Gasteiger partial charge in [-0.15, -0.1) is 0 Å². The third-order valence-corrected chi connectivity index (χ3v) is 4.73. The largest absolute Gasteiger partial charge is 0.0610 e. The molecule has 6 rings (SSSR count). The third kappa shape index (κ3) is 0.795. The number of hydrogen-bond donors (Lipinski definition) is 0. The minimum atomic E-state index is 1.18. The minimum absolute atomic E-state index is 1.18. The third-order valence-electron chi connectivity index (χ3n) is 4.73. The van der Waals surface area contributed by atoms with Crippen molar-refractivity contribution in [1.82, 2.24) is 0 Å². The van der Waals surface area contributed by atoms with Crippen LogP contribution in [0.2, 0.25) is 0 Å². The average molecular weight is 248 g/mol. The van der Waals surface area contributed by atoms with Crippen LogP contribution in [0.3, 0.4) is 0 Å². The van der Waals surface area contributed by atoms with Gasteiger partial charge in [0, 0.05) is 21.5 Å². The van der Waals surface area contributed by atoms with Gasteiger partial charge in [-0.1, -0.05) is 48.5 Å². The van der Waals surface area contributed by atoms with E-state index < -0.39 is 0 Å². The van der Waals surface area contributed by atoms with Gasteiger partial charge >= 0.3 is 0 Å². The Morgan fingerprint density at radius 2 is 0.750 bits per heavy atom. The first-order chi connectivity index (χ1) is 9.92. The summed E-state index contributed by atoms with van der Waals surface area (Å²) < 4.78 is 0. The van der Waals surface area contributed by atoms with Gasteiger partial charge in [0.15, 0.2) is 0 Å². The van der Waals surface area contributed by atoms with E-state index in [9.17, 15) is 0 Å². The van der Waals surface area contributed by atoms with Crippen LogP contribution in [0.15, 0.2) is 48.5 Å². The van der Waals surface area contributed by atoms with Gasteiger partial charge in [-0.05, 0) is 44.5 Å². The lowest BCUT2D eigenvalue weighted by Gasteiger charge is -2.03. The monoisotopic (exact) mass is 248 g/mol. The molecule has 0 heteroatoms. The molecule has 0 radical (unpaired) electrons. The summed E-state index contributed by atoms with van der Waals surface area (Å²) in [7, 11) is 0. The maximum Gasteiger partial charge on any atom is 0.0334 e. The highest BCUT2D eigenvalue weighted by Gasteiger charge is 2.18. The van der Waals surface area contributed by atoms with Gasteiger partial charge in [0.1, 0.15) is 0 Å². The quantitative estimate of drug-likeness (QED) is 0.317. The van der Waals surface area contributed by atoms with Crippen LogP contribution in [0, 0.1) is 12.1 Å². The van der Waals surface area contributed by atoms with E-state index in [1.807, 2.05) is 0 Å². The number of hydrogen-bond acceptors (Lipinski definition) is 0. The molecule has 0 N–H and O–H groups in total. The molecule has 6 aromatic carbocycles. The zero-order valence-electron chi connectivity index (χ0n) is 10.6. The molecule has 6 aromatic rings. The highest BCUT2D eigenvalue weighted by Crippen LogP contribution is 2.46. The van der Waals surface area contributed by atoms with Crippen molar-refractivity contribution in [3.63, 3.8) is 0 Å². The van der Waals surface area contributed by atoms with Crippen LogP contribution >= 0.6 is 0 Å². The summed E-state index contributed by atoms with van der Waals surface area (Å²) >= 11 is 0. The fourth-order valence-electron chi connectivity index (χ4n) is 3.91. The summed E-state index contributed by atoms with van der Waals surface area (Å²) in [6.45, 7) is 0. The molecule has 0 saturated heterocycles. The fraction of sp³-hybridized carbons (Fsp3) is 0. The smallest absolute Gasteiger partial charge is 0.0334 e. The molecule has 0 spiro atoms. The van der Waals surface area contributed by atoms with Crippen molar-refractivity contribution in [2.24, 2.45) is 0 Å². The lowest BCUT2D eigenvalue weighted by molar-refractivity contribution is 1.88. The standard InChI is InChI=1S/C20H8/c1-2-12-5-6-14-9-10-15-8-7-13-4-3-11(1)16-17(12)19(14)20(15)18(13)16/h1-8H. The van der Waals surface area contributed by atoms with Crippen molar-refractivity contribution in [1.29, 1.82) is 0 Å². The molecule has 0 saturated carbocycles. The van der Waals surface area contributed by atoms with E-state index in [-0.39, 0.29) is 0 Å². The molecule has 0 aliphatic heterocycles. The molecule has 0 unspecified atom stereocenters. The first kappa shape index (κ1) is 9.18. The molecule has 0 aliphatic carbocycles. The van der Waals surface area contributed by atoms with Gasteiger partial charge in [-0.2, -0.15) is 0 Å². The molecule has 0 nitrogen and oxygen atoms in total. The van der Waals surface area contributed by atoms with E-state index in [0.29, 0.717) is 0 Å². The van der Waals surface area contributed by atoms with E-state index >= 15 is 0 Å². The second-order valence-corrected chi connectivity index (χ2v) is 5.65. The van der Waals surface area contributed by atoms with Crippen LogP contribution in [0.25, 0.3) is 53.9 Å². The van der Waals surface area contributed by atoms with Crippen molar-refractivity contribution in [2.75, 3.05) is 0 Å². The first-order valence-corrected chi connectivity index (χ1v) is 6.89. The van der Waals surface area contributed by atoms with Crippen LogP contribution < -0.4 is 0 Å². The lowest BCUT2D eigenvalue weighted by atomic mass is 10.00. The molecule has 20 heavy (non-hydrogen) atoms. The molecule has 0 bridgehead atoms. The van der Waals surface area contributed by atoms with E-state index in [0.717, 1.165) is 0 Å². The topological polar surface area (TPSA) is 0 Å². The summed E-state index contributed by atoms with van der Waals surface area (Å²) in [5, 5.41) is 13.3. The van der Waals surface area contributed by atoms with Crippen LogP contribution in [-0.4, -0.2) is 0 Å². The summed E-state index contributed by atoms with van der Waals surface area (Å²) in [6, 6.07) is 24.3. The molecule has 0 fully saturated rings. The normalized spacial score (nSPS) is 12.6. The van der Waals surface area contributed by atoms with E-state index in [4.69, 9.17) is 0 Å². The average Bonchev–Trinajstić information content (AvgIpc) is 2.88. The van der Waals surface area contributed by atoms with E-state index in [1.165, 1.54) is 53.9 Å². The minimum Gasteiger partial charge on any atom is -0.0610 e. The molecule has 0 aromatic heterocycles. The Labute approximate surface area is 115 Å². The van der Waals surface area contributed by atoms with Gasteiger partial charge in [-0.25, -0.2) is 0 Å². The van der Waals surface area contributed by atoms with Crippen molar-refractivity contribution < 1.29 is 0 Å². The Morgan fingerprint density at radius 1 is 0.400 bits per heavy atom. The van der Waals surface area contributed by atoms with Crippen molar-refractivity contribution >= 4 is 53.9 Å². The van der Waals surface area contributed by atoms with Gasteiger partial charge in [0.2, 0.25) is 0 Å². The highest BCUT2D eigenvalue weighted by atomic mass is 14.2.